The summed E-state index contributed by atoms with van der Waals surface area (Å²) in [6, 6.07) is 0.399. The van der Waals surface area contributed by atoms with Crippen LogP contribution in [0.5, 0.6) is 0 Å². The van der Waals surface area contributed by atoms with Crippen molar-refractivity contribution in [1.29, 1.82) is 0 Å². The maximum absolute atomic E-state index is 4.24. The molecule has 0 aliphatic heterocycles. The summed E-state index contributed by atoms with van der Waals surface area (Å²) in [7, 11) is 1.98. The number of hydrogen-bond acceptors (Lipinski definition) is 3. The van der Waals surface area contributed by atoms with Gasteiger partial charge >= 0.3 is 0 Å². The van der Waals surface area contributed by atoms with Crippen molar-refractivity contribution < 1.29 is 0 Å². The van der Waals surface area contributed by atoms with Crippen molar-refractivity contribution >= 4 is 11.8 Å². The summed E-state index contributed by atoms with van der Waals surface area (Å²) < 4.78 is 1.92. The molecule has 4 heteroatoms. The van der Waals surface area contributed by atoms with Gasteiger partial charge < -0.3 is 5.32 Å². The fourth-order valence-electron chi connectivity index (χ4n) is 1.43. The van der Waals surface area contributed by atoms with E-state index in [0.717, 1.165) is 12.3 Å². The molecular weight excluding hydrogens is 194 g/mol. The number of rotatable bonds is 5. The molecule has 3 nitrogen and oxygen atoms in total. The van der Waals surface area contributed by atoms with E-state index in [4.69, 9.17) is 0 Å². The summed E-state index contributed by atoms with van der Waals surface area (Å²) >= 11 is 1.86. The Morgan fingerprint density at radius 2 is 2.36 bits per heavy atom. The lowest BCUT2D eigenvalue weighted by Gasteiger charge is -2.12. The molecule has 1 aromatic heterocycles. The van der Waals surface area contributed by atoms with E-state index in [0.29, 0.717) is 6.04 Å². The van der Waals surface area contributed by atoms with Crippen molar-refractivity contribution in [3.8, 4) is 0 Å². The normalized spacial score (nSPS) is 13.1. The van der Waals surface area contributed by atoms with Crippen molar-refractivity contribution in [3.05, 3.63) is 17.5 Å². The second-order valence-corrected chi connectivity index (χ2v) is 4.46. The predicted octanol–water partition coefficient (Wildman–Crippen LogP) is 1.74. The van der Waals surface area contributed by atoms with Gasteiger partial charge in [-0.2, -0.15) is 16.9 Å². The zero-order chi connectivity index (χ0) is 10.6. The highest BCUT2D eigenvalue weighted by Crippen LogP contribution is 2.15. The quantitative estimate of drug-likeness (QED) is 0.756. The molecule has 0 aromatic carbocycles. The molecular formula is C10H19N3S. The molecule has 80 valence electrons. The summed E-state index contributed by atoms with van der Waals surface area (Å²) in [5, 5.41) is 7.72. The lowest BCUT2D eigenvalue weighted by molar-refractivity contribution is 0.596. The average Bonchev–Trinajstić information content (AvgIpc) is 2.48. The Bertz CT molecular complexity index is 283. The number of thioether (sulfide) groups is 1. The van der Waals surface area contributed by atoms with Crippen LogP contribution in [0.25, 0.3) is 0 Å². The molecule has 0 aliphatic rings. The zero-order valence-corrected chi connectivity index (χ0v) is 10.2. The summed E-state index contributed by atoms with van der Waals surface area (Å²) in [6.45, 7) is 5.34. The van der Waals surface area contributed by atoms with Gasteiger partial charge in [0.05, 0.1) is 6.20 Å². The first-order chi connectivity index (χ1) is 6.66. The molecule has 0 aliphatic carbocycles. The third kappa shape index (κ3) is 2.75. The first-order valence-corrected chi connectivity index (χ1v) is 6.27. The summed E-state index contributed by atoms with van der Waals surface area (Å²) in [5.74, 6) is 1.16. The minimum Gasteiger partial charge on any atom is -0.309 e. The van der Waals surface area contributed by atoms with Crippen LogP contribution < -0.4 is 5.32 Å². The van der Waals surface area contributed by atoms with Gasteiger partial charge in [-0.1, -0.05) is 0 Å². The molecule has 0 spiro atoms. The van der Waals surface area contributed by atoms with Crippen LogP contribution in [-0.2, 0) is 7.05 Å². The van der Waals surface area contributed by atoms with Crippen molar-refractivity contribution in [1.82, 2.24) is 15.1 Å². The maximum atomic E-state index is 4.24. The number of aryl methyl sites for hydroxylation is 1. The highest BCUT2D eigenvalue weighted by molar-refractivity contribution is 7.98. The zero-order valence-electron chi connectivity index (χ0n) is 9.37. The molecule has 1 rings (SSSR count). The van der Waals surface area contributed by atoms with Gasteiger partial charge in [0.15, 0.2) is 0 Å². The topological polar surface area (TPSA) is 29.9 Å². The third-order valence-electron chi connectivity index (χ3n) is 2.50. The number of nitrogens with one attached hydrogen (secondary N) is 1. The predicted molar refractivity (Wildman–Crippen MR) is 62.7 cm³/mol. The van der Waals surface area contributed by atoms with Crippen LogP contribution in [0.3, 0.4) is 0 Å². The van der Waals surface area contributed by atoms with Crippen molar-refractivity contribution in [2.24, 2.45) is 7.05 Å². The van der Waals surface area contributed by atoms with E-state index in [2.05, 4.69) is 30.5 Å². The maximum Gasteiger partial charge on any atom is 0.0540 e. The SMILES string of the molecule is CSCCNC(C)c1cnn(C)c1C. The van der Waals surface area contributed by atoms with Gasteiger partial charge in [-0.05, 0) is 20.1 Å². The van der Waals surface area contributed by atoms with Gasteiger partial charge in [0.2, 0.25) is 0 Å². The molecule has 1 heterocycles. The molecule has 1 atom stereocenters. The van der Waals surface area contributed by atoms with Gasteiger partial charge in [0.1, 0.15) is 0 Å². The molecule has 0 saturated heterocycles. The highest BCUT2D eigenvalue weighted by Gasteiger charge is 2.10. The first kappa shape index (κ1) is 11.6. The fourth-order valence-corrected chi connectivity index (χ4v) is 1.75. The Morgan fingerprint density at radius 3 is 2.86 bits per heavy atom. The molecule has 0 bridgehead atoms. The van der Waals surface area contributed by atoms with Gasteiger partial charge in [0, 0.05) is 36.6 Å². The van der Waals surface area contributed by atoms with E-state index >= 15 is 0 Å². The van der Waals surface area contributed by atoms with E-state index in [-0.39, 0.29) is 0 Å². The molecule has 0 fully saturated rings. The number of hydrogen-bond donors (Lipinski definition) is 1. The van der Waals surface area contributed by atoms with Crippen LogP contribution in [0.15, 0.2) is 6.20 Å². The van der Waals surface area contributed by atoms with Crippen molar-refractivity contribution in [2.75, 3.05) is 18.6 Å². The summed E-state index contributed by atoms with van der Waals surface area (Å²) in [4.78, 5) is 0. The molecule has 1 N–H and O–H groups in total. The smallest absolute Gasteiger partial charge is 0.0540 e. The van der Waals surface area contributed by atoms with E-state index in [1.807, 2.05) is 29.7 Å². The number of nitrogens with zero attached hydrogens (tertiary/aromatic N) is 2. The van der Waals surface area contributed by atoms with Gasteiger partial charge in [-0.15, -0.1) is 0 Å². The fraction of sp³-hybridized carbons (Fsp3) is 0.700. The Morgan fingerprint density at radius 1 is 1.64 bits per heavy atom. The Hall–Kier alpha value is -0.480. The summed E-state index contributed by atoms with van der Waals surface area (Å²) in [6.07, 6.45) is 4.08. The molecule has 0 amide bonds. The van der Waals surface area contributed by atoms with E-state index in [1.54, 1.807) is 0 Å². The largest absolute Gasteiger partial charge is 0.309 e. The van der Waals surface area contributed by atoms with E-state index < -0.39 is 0 Å². The van der Waals surface area contributed by atoms with Gasteiger partial charge in [-0.3, -0.25) is 4.68 Å². The highest BCUT2D eigenvalue weighted by atomic mass is 32.2. The lowest BCUT2D eigenvalue weighted by Crippen LogP contribution is -2.21. The van der Waals surface area contributed by atoms with E-state index in [9.17, 15) is 0 Å². The Kier molecular flexibility index (Phi) is 4.48. The molecule has 0 radical (unpaired) electrons. The van der Waals surface area contributed by atoms with E-state index in [1.165, 1.54) is 11.3 Å². The second kappa shape index (κ2) is 5.41. The van der Waals surface area contributed by atoms with Gasteiger partial charge in [0.25, 0.3) is 0 Å². The third-order valence-corrected chi connectivity index (χ3v) is 3.11. The van der Waals surface area contributed by atoms with Crippen molar-refractivity contribution in [3.63, 3.8) is 0 Å². The molecule has 1 unspecified atom stereocenters. The van der Waals surface area contributed by atoms with Crippen LogP contribution in [0, 0.1) is 6.92 Å². The Balaban J connectivity index is 2.52. The second-order valence-electron chi connectivity index (χ2n) is 3.48. The minimum atomic E-state index is 0.399. The van der Waals surface area contributed by atoms with Crippen LogP contribution in [0.4, 0.5) is 0 Å². The molecule has 0 saturated carbocycles. The minimum absolute atomic E-state index is 0.399. The Labute approximate surface area is 90.3 Å². The van der Waals surface area contributed by atoms with Gasteiger partial charge in [-0.25, -0.2) is 0 Å². The van der Waals surface area contributed by atoms with Crippen LogP contribution in [0.2, 0.25) is 0 Å². The standard InChI is InChI=1S/C10H19N3S/c1-8(11-5-6-14-4)10-7-12-13(3)9(10)2/h7-8,11H,5-6H2,1-4H3. The van der Waals surface area contributed by atoms with Crippen molar-refractivity contribution in [2.45, 2.75) is 19.9 Å². The lowest BCUT2D eigenvalue weighted by atomic mass is 10.1. The molecule has 14 heavy (non-hydrogen) atoms. The summed E-state index contributed by atoms with van der Waals surface area (Å²) in [5.41, 5.74) is 2.54. The first-order valence-electron chi connectivity index (χ1n) is 4.87. The molecule has 1 aromatic rings. The van der Waals surface area contributed by atoms with Crippen LogP contribution in [-0.4, -0.2) is 28.3 Å². The number of aromatic nitrogens is 2. The van der Waals surface area contributed by atoms with Crippen LogP contribution in [0.1, 0.15) is 24.2 Å². The average molecular weight is 213 g/mol. The van der Waals surface area contributed by atoms with Crippen LogP contribution >= 0.6 is 11.8 Å². The monoisotopic (exact) mass is 213 g/mol.